The van der Waals surface area contributed by atoms with E-state index in [4.69, 9.17) is 0 Å². The van der Waals surface area contributed by atoms with Gasteiger partial charge in [0.15, 0.2) is 0 Å². The van der Waals surface area contributed by atoms with Gasteiger partial charge in [-0.25, -0.2) is 0 Å². The Morgan fingerprint density at radius 3 is 2.50 bits per heavy atom. The Labute approximate surface area is 98.0 Å². The number of carbonyl (C=O) groups is 1. The number of hydrogen-bond acceptors (Lipinski definition) is 3. The molecule has 1 aliphatic rings. The summed E-state index contributed by atoms with van der Waals surface area (Å²) in [5.74, 6) is 0.129. The van der Waals surface area contributed by atoms with Crippen LogP contribution in [0.2, 0.25) is 0 Å². The van der Waals surface area contributed by atoms with E-state index in [2.05, 4.69) is 5.32 Å². The minimum absolute atomic E-state index is 0.0921. The molecule has 1 fully saturated rings. The van der Waals surface area contributed by atoms with Crippen LogP contribution in [0, 0.1) is 0 Å². The summed E-state index contributed by atoms with van der Waals surface area (Å²) in [6.07, 6.45) is 2.58. The van der Waals surface area contributed by atoms with Crippen LogP contribution in [0.1, 0.15) is 40.0 Å². The molecule has 0 aromatic rings. The number of hydrogen-bond donors (Lipinski definition) is 2. The number of aliphatic hydroxyl groups is 1. The molecule has 1 aliphatic carbocycles. The summed E-state index contributed by atoms with van der Waals surface area (Å²) in [7, 11) is 0. The highest BCUT2D eigenvalue weighted by atomic mass is 16.3. The van der Waals surface area contributed by atoms with E-state index in [0.717, 1.165) is 32.4 Å². The van der Waals surface area contributed by atoms with E-state index in [0.29, 0.717) is 0 Å². The first-order valence-electron chi connectivity index (χ1n) is 6.33. The van der Waals surface area contributed by atoms with Crippen LogP contribution in [0.15, 0.2) is 0 Å². The van der Waals surface area contributed by atoms with Crippen molar-refractivity contribution >= 4 is 5.91 Å². The topological polar surface area (TPSA) is 52.6 Å². The molecular weight excluding hydrogens is 204 g/mol. The standard InChI is InChI=1S/C12H24N2O2/c1-4-14(5-2)12(16)9(3)13-10-7-6-8-11(10)15/h9-11,13,15H,4-8H2,1-3H3/t9?,10-,11-/m0/s1. The van der Waals surface area contributed by atoms with Crippen LogP contribution < -0.4 is 5.32 Å². The molecule has 16 heavy (non-hydrogen) atoms. The Morgan fingerprint density at radius 1 is 1.44 bits per heavy atom. The zero-order valence-electron chi connectivity index (χ0n) is 10.6. The molecule has 94 valence electrons. The quantitative estimate of drug-likeness (QED) is 0.730. The Hall–Kier alpha value is -0.610. The second-order valence-corrected chi connectivity index (χ2v) is 4.50. The van der Waals surface area contributed by atoms with Gasteiger partial charge in [0, 0.05) is 19.1 Å². The highest BCUT2D eigenvalue weighted by Crippen LogP contribution is 2.19. The summed E-state index contributed by atoms with van der Waals surface area (Å²) < 4.78 is 0. The van der Waals surface area contributed by atoms with Crippen LogP contribution in [0.5, 0.6) is 0 Å². The Kier molecular flexibility index (Phi) is 5.22. The Balaban J connectivity index is 2.44. The molecule has 0 spiro atoms. The molecule has 2 N–H and O–H groups in total. The van der Waals surface area contributed by atoms with Gasteiger partial charge in [-0.05, 0) is 40.0 Å². The van der Waals surface area contributed by atoms with Gasteiger partial charge in [0.05, 0.1) is 12.1 Å². The minimum atomic E-state index is -0.285. The number of likely N-dealkylation sites (N-methyl/N-ethyl adjacent to an activating group) is 1. The van der Waals surface area contributed by atoms with Gasteiger partial charge in [-0.15, -0.1) is 0 Å². The lowest BCUT2D eigenvalue weighted by molar-refractivity contribution is -0.133. The number of rotatable bonds is 5. The third-order valence-corrected chi connectivity index (χ3v) is 3.39. The molecule has 1 rings (SSSR count). The molecule has 0 aliphatic heterocycles. The first-order chi connectivity index (χ1) is 7.60. The van der Waals surface area contributed by atoms with Crippen molar-refractivity contribution in [3.8, 4) is 0 Å². The second kappa shape index (κ2) is 6.21. The summed E-state index contributed by atoms with van der Waals surface area (Å²) in [6.45, 7) is 7.34. The van der Waals surface area contributed by atoms with Crippen molar-refractivity contribution in [1.82, 2.24) is 10.2 Å². The van der Waals surface area contributed by atoms with Gasteiger partial charge >= 0.3 is 0 Å². The fourth-order valence-corrected chi connectivity index (χ4v) is 2.34. The van der Waals surface area contributed by atoms with E-state index in [1.165, 1.54) is 0 Å². The van der Waals surface area contributed by atoms with Crippen molar-refractivity contribution in [3.63, 3.8) is 0 Å². The maximum atomic E-state index is 12.0. The molecule has 1 amide bonds. The average molecular weight is 228 g/mol. The van der Waals surface area contributed by atoms with E-state index in [1.807, 2.05) is 25.7 Å². The predicted octanol–water partition coefficient (Wildman–Crippen LogP) is 0.746. The van der Waals surface area contributed by atoms with Gasteiger partial charge in [-0.2, -0.15) is 0 Å². The lowest BCUT2D eigenvalue weighted by Gasteiger charge is -2.26. The summed E-state index contributed by atoms with van der Waals surface area (Å²) in [4.78, 5) is 13.8. The highest BCUT2D eigenvalue weighted by Gasteiger charge is 2.28. The number of aliphatic hydroxyl groups excluding tert-OH is 1. The fourth-order valence-electron chi connectivity index (χ4n) is 2.34. The first kappa shape index (κ1) is 13.5. The van der Waals surface area contributed by atoms with Crippen LogP contribution in [0.3, 0.4) is 0 Å². The van der Waals surface area contributed by atoms with Crippen molar-refractivity contribution in [2.75, 3.05) is 13.1 Å². The fraction of sp³-hybridized carbons (Fsp3) is 0.917. The zero-order chi connectivity index (χ0) is 12.1. The third-order valence-electron chi connectivity index (χ3n) is 3.39. The van der Waals surface area contributed by atoms with Crippen LogP contribution >= 0.6 is 0 Å². The number of carbonyl (C=O) groups excluding carboxylic acids is 1. The number of nitrogens with one attached hydrogen (secondary N) is 1. The lowest BCUT2D eigenvalue weighted by Crippen LogP contribution is -2.50. The average Bonchev–Trinajstić information content (AvgIpc) is 2.66. The van der Waals surface area contributed by atoms with E-state index in [1.54, 1.807) is 0 Å². The highest BCUT2D eigenvalue weighted by molar-refractivity contribution is 5.81. The Morgan fingerprint density at radius 2 is 2.06 bits per heavy atom. The third kappa shape index (κ3) is 3.19. The molecule has 3 atom stereocenters. The van der Waals surface area contributed by atoms with E-state index >= 15 is 0 Å². The predicted molar refractivity (Wildman–Crippen MR) is 64.2 cm³/mol. The molecule has 0 saturated heterocycles. The molecule has 0 radical (unpaired) electrons. The van der Waals surface area contributed by atoms with E-state index in [-0.39, 0.29) is 24.1 Å². The zero-order valence-corrected chi connectivity index (χ0v) is 10.6. The summed E-state index contributed by atoms with van der Waals surface area (Å²) >= 11 is 0. The largest absolute Gasteiger partial charge is 0.392 e. The molecule has 0 heterocycles. The van der Waals surface area contributed by atoms with Crippen molar-refractivity contribution in [1.29, 1.82) is 0 Å². The van der Waals surface area contributed by atoms with Gasteiger partial charge in [0.25, 0.3) is 0 Å². The monoisotopic (exact) mass is 228 g/mol. The maximum Gasteiger partial charge on any atom is 0.239 e. The van der Waals surface area contributed by atoms with Crippen molar-refractivity contribution in [2.45, 2.75) is 58.2 Å². The van der Waals surface area contributed by atoms with Gasteiger partial charge in [-0.1, -0.05) is 0 Å². The van der Waals surface area contributed by atoms with E-state index < -0.39 is 0 Å². The molecule has 0 aromatic heterocycles. The molecule has 0 bridgehead atoms. The van der Waals surface area contributed by atoms with Gasteiger partial charge in [0.2, 0.25) is 5.91 Å². The molecule has 1 saturated carbocycles. The summed E-state index contributed by atoms with van der Waals surface area (Å²) in [6, 6.07) is -0.104. The summed E-state index contributed by atoms with van der Waals surface area (Å²) in [5.41, 5.74) is 0. The van der Waals surface area contributed by atoms with Crippen LogP contribution in [-0.2, 0) is 4.79 Å². The molecule has 4 heteroatoms. The first-order valence-corrected chi connectivity index (χ1v) is 6.33. The van der Waals surface area contributed by atoms with Crippen LogP contribution in [0.4, 0.5) is 0 Å². The summed E-state index contributed by atoms with van der Waals surface area (Å²) in [5, 5.41) is 12.9. The molecule has 1 unspecified atom stereocenters. The van der Waals surface area contributed by atoms with E-state index in [9.17, 15) is 9.90 Å². The van der Waals surface area contributed by atoms with Crippen molar-refractivity contribution in [2.24, 2.45) is 0 Å². The minimum Gasteiger partial charge on any atom is -0.392 e. The number of amides is 1. The molecule has 4 nitrogen and oxygen atoms in total. The molecule has 0 aromatic carbocycles. The Bertz CT molecular complexity index is 229. The van der Waals surface area contributed by atoms with Crippen molar-refractivity contribution < 1.29 is 9.90 Å². The van der Waals surface area contributed by atoms with Gasteiger partial charge < -0.3 is 15.3 Å². The van der Waals surface area contributed by atoms with Crippen molar-refractivity contribution in [3.05, 3.63) is 0 Å². The normalized spacial score (nSPS) is 26.8. The van der Waals surface area contributed by atoms with Crippen LogP contribution in [0.25, 0.3) is 0 Å². The number of nitrogens with zero attached hydrogens (tertiary/aromatic N) is 1. The SMILES string of the molecule is CCN(CC)C(=O)C(C)N[C@H]1CCC[C@@H]1O. The molecular formula is C12H24N2O2. The second-order valence-electron chi connectivity index (χ2n) is 4.50. The van der Waals surface area contributed by atoms with Crippen LogP contribution in [-0.4, -0.2) is 47.2 Å². The van der Waals surface area contributed by atoms with Gasteiger partial charge in [0.1, 0.15) is 0 Å². The lowest BCUT2D eigenvalue weighted by atomic mass is 10.1. The van der Waals surface area contributed by atoms with Gasteiger partial charge in [-0.3, -0.25) is 4.79 Å². The maximum absolute atomic E-state index is 12.0. The smallest absolute Gasteiger partial charge is 0.239 e.